The van der Waals surface area contributed by atoms with Crippen molar-refractivity contribution in [2.75, 3.05) is 19.6 Å². The topological polar surface area (TPSA) is 119 Å². The Balaban J connectivity index is 1.43. The number of carbonyl (C=O) groups excluding carboxylic acids is 3. The van der Waals surface area contributed by atoms with E-state index in [4.69, 9.17) is 11.5 Å². The first-order valence-electron chi connectivity index (χ1n) is 13.1. The molecule has 1 aliphatic carbocycles. The van der Waals surface area contributed by atoms with Crippen molar-refractivity contribution in [1.82, 2.24) is 10.2 Å². The molecule has 1 aromatic heterocycles. The summed E-state index contributed by atoms with van der Waals surface area (Å²) in [5.41, 5.74) is 12.5. The van der Waals surface area contributed by atoms with Gasteiger partial charge in [-0.1, -0.05) is 37.5 Å². The van der Waals surface area contributed by atoms with Gasteiger partial charge in [-0.3, -0.25) is 14.4 Å². The van der Waals surface area contributed by atoms with Gasteiger partial charge in [-0.25, -0.2) is 0 Å². The van der Waals surface area contributed by atoms with Crippen LogP contribution >= 0.6 is 11.3 Å². The summed E-state index contributed by atoms with van der Waals surface area (Å²) < 4.78 is 0. The van der Waals surface area contributed by atoms with Crippen LogP contribution < -0.4 is 16.8 Å². The standard InChI is InChI=1S/C28H38N4O3S/c29-24(17-23-7-4-16-36-23)26(34)32-14-12-28(13-15-32,18-20-8-10-22(11-9-20)25(30)33)27(35)31-19-21-5-2-1-3-6-21/h4,7-11,16,21,24H,1-3,5-6,12-15,17-19,29H2,(H2,30,33)(H,31,35). The van der Waals surface area contributed by atoms with E-state index in [9.17, 15) is 14.4 Å². The number of carbonyl (C=O) groups is 3. The average molecular weight is 511 g/mol. The monoisotopic (exact) mass is 510 g/mol. The van der Waals surface area contributed by atoms with Crippen LogP contribution in [0.2, 0.25) is 0 Å². The molecule has 2 aliphatic rings. The van der Waals surface area contributed by atoms with Crippen LogP contribution in [-0.4, -0.2) is 48.3 Å². The molecule has 2 heterocycles. The molecule has 36 heavy (non-hydrogen) atoms. The van der Waals surface area contributed by atoms with Crippen molar-refractivity contribution in [3.05, 3.63) is 57.8 Å². The summed E-state index contributed by atoms with van der Waals surface area (Å²) in [6.07, 6.45) is 8.36. The lowest BCUT2D eigenvalue weighted by atomic mass is 9.72. The summed E-state index contributed by atoms with van der Waals surface area (Å²) in [6, 6.07) is 10.6. The highest BCUT2D eigenvalue weighted by Crippen LogP contribution is 2.36. The van der Waals surface area contributed by atoms with E-state index >= 15 is 0 Å². The minimum atomic E-state index is -0.600. The number of nitrogens with two attached hydrogens (primary N) is 2. The highest BCUT2D eigenvalue weighted by atomic mass is 32.1. The van der Waals surface area contributed by atoms with E-state index in [0.29, 0.717) is 50.3 Å². The number of hydrogen-bond acceptors (Lipinski definition) is 5. The third-order valence-electron chi connectivity index (χ3n) is 7.89. The van der Waals surface area contributed by atoms with Gasteiger partial charge in [0.1, 0.15) is 0 Å². The van der Waals surface area contributed by atoms with Crippen LogP contribution in [0.25, 0.3) is 0 Å². The Morgan fingerprint density at radius 1 is 1.06 bits per heavy atom. The van der Waals surface area contributed by atoms with Crippen molar-refractivity contribution < 1.29 is 14.4 Å². The second-order valence-corrected chi connectivity index (χ2v) is 11.5. The molecule has 1 saturated carbocycles. The lowest BCUT2D eigenvalue weighted by molar-refractivity contribution is -0.141. The van der Waals surface area contributed by atoms with Gasteiger partial charge in [-0.15, -0.1) is 11.3 Å². The first kappa shape index (κ1) is 26.4. The zero-order valence-electron chi connectivity index (χ0n) is 20.9. The first-order chi connectivity index (χ1) is 17.4. The lowest BCUT2D eigenvalue weighted by Gasteiger charge is -2.42. The molecule has 5 N–H and O–H groups in total. The number of amides is 3. The predicted octanol–water partition coefficient (Wildman–Crippen LogP) is 3.26. The van der Waals surface area contributed by atoms with Crippen LogP contribution in [0.1, 0.15) is 65.7 Å². The van der Waals surface area contributed by atoms with Crippen molar-refractivity contribution in [3.63, 3.8) is 0 Å². The van der Waals surface area contributed by atoms with Crippen molar-refractivity contribution in [2.24, 2.45) is 22.8 Å². The lowest BCUT2D eigenvalue weighted by Crippen LogP contribution is -2.54. The summed E-state index contributed by atoms with van der Waals surface area (Å²) in [7, 11) is 0. The largest absolute Gasteiger partial charge is 0.366 e. The van der Waals surface area contributed by atoms with E-state index in [0.717, 1.165) is 17.0 Å². The molecule has 8 heteroatoms. The minimum Gasteiger partial charge on any atom is -0.366 e. The second kappa shape index (κ2) is 12.0. The number of rotatable bonds is 9. The molecule has 2 fully saturated rings. The highest BCUT2D eigenvalue weighted by molar-refractivity contribution is 7.09. The van der Waals surface area contributed by atoms with Gasteiger partial charge in [0, 0.05) is 36.5 Å². The fourth-order valence-corrected chi connectivity index (χ4v) is 6.36. The fourth-order valence-electron chi connectivity index (χ4n) is 5.60. The predicted molar refractivity (Wildman–Crippen MR) is 142 cm³/mol. The number of likely N-dealkylation sites (tertiary alicyclic amines) is 1. The van der Waals surface area contributed by atoms with Gasteiger partial charge in [0.2, 0.25) is 17.7 Å². The van der Waals surface area contributed by atoms with Gasteiger partial charge >= 0.3 is 0 Å². The van der Waals surface area contributed by atoms with E-state index in [1.54, 1.807) is 23.5 Å². The molecule has 4 rings (SSSR count). The molecule has 194 valence electrons. The van der Waals surface area contributed by atoms with E-state index in [-0.39, 0.29) is 11.8 Å². The maximum atomic E-state index is 13.7. The van der Waals surface area contributed by atoms with Crippen LogP contribution in [0, 0.1) is 11.3 Å². The van der Waals surface area contributed by atoms with Crippen LogP contribution in [0.15, 0.2) is 41.8 Å². The molecule has 1 aliphatic heterocycles. The van der Waals surface area contributed by atoms with Crippen molar-refractivity contribution in [1.29, 1.82) is 0 Å². The van der Waals surface area contributed by atoms with Gasteiger partial charge in [-0.2, -0.15) is 0 Å². The molecule has 1 aromatic carbocycles. The van der Waals surface area contributed by atoms with Crippen LogP contribution in [0.4, 0.5) is 0 Å². The summed E-state index contributed by atoms with van der Waals surface area (Å²) in [6.45, 7) is 1.73. The van der Waals surface area contributed by atoms with Crippen molar-refractivity contribution >= 4 is 29.1 Å². The summed E-state index contributed by atoms with van der Waals surface area (Å²) in [5, 5.41) is 5.26. The Morgan fingerprint density at radius 3 is 2.36 bits per heavy atom. The number of benzene rings is 1. The molecular weight excluding hydrogens is 472 g/mol. The van der Waals surface area contributed by atoms with Gasteiger partial charge in [0.25, 0.3) is 0 Å². The van der Waals surface area contributed by atoms with Crippen LogP contribution in [0.3, 0.4) is 0 Å². The zero-order chi connectivity index (χ0) is 25.5. The minimum absolute atomic E-state index is 0.0505. The van der Waals surface area contributed by atoms with Gasteiger partial charge in [0.15, 0.2) is 0 Å². The number of primary amides is 1. The van der Waals surface area contributed by atoms with Gasteiger partial charge < -0.3 is 21.7 Å². The third-order valence-corrected chi connectivity index (χ3v) is 8.79. The molecular formula is C28H38N4O3S. The third kappa shape index (κ3) is 6.53. The molecule has 1 unspecified atom stereocenters. The average Bonchev–Trinajstić information content (AvgIpc) is 3.41. The van der Waals surface area contributed by atoms with Gasteiger partial charge in [0.05, 0.1) is 11.5 Å². The second-order valence-electron chi connectivity index (χ2n) is 10.4. The normalized spacial score (nSPS) is 19.0. The van der Waals surface area contributed by atoms with Crippen molar-refractivity contribution in [2.45, 2.75) is 63.8 Å². The number of thiophene rings is 1. The first-order valence-corrected chi connectivity index (χ1v) is 14.0. The molecule has 1 saturated heterocycles. The molecule has 0 spiro atoms. The van der Waals surface area contributed by atoms with E-state index in [1.165, 1.54) is 32.1 Å². The molecule has 0 bridgehead atoms. The summed E-state index contributed by atoms with van der Waals surface area (Å²) >= 11 is 1.61. The molecule has 7 nitrogen and oxygen atoms in total. The maximum absolute atomic E-state index is 13.7. The Morgan fingerprint density at radius 2 is 1.75 bits per heavy atom. The van der Waals surface area contributed by atoms with Crippen LogP contribution in [-0.2, 0) is 22.4 Å². The number of nitrogens with zero attached hydrogens (tertiary/aromatic N) is 1. The smallest absolute Gasteiger partial charge is 0.248 e. The Bertz CT molecular complexity index is 1020. The molecule has 2 aromatic rings. The van der Waals surface area contributed by atoms with E-state index in [2.05, 4.69) is 5.32 Å². The number of hydrogen-bond donors (Lipinski definition) is 3. The summed E-state index contributed by atoms with van der Waals surface area (Å²) in [5.74, 6) is 0.103. The number of nitrogens with one attached hydrogen (secondary N) is 1. The quantitative estimate of drug-likeness (QED) is 0.480. The molecule has 3 amide bonds. The maximum Gasteiger partial charge on any atom is 0.248 e. The van der Waals surface area contributed by atoms with Gasteiger partial charge in [-0.05, 0) is 67.2 Å². The van der Waals surface area contributed by atoms with E-state index in [1.807, 2.05) is 34.5 Å². The van der Waals surface area contributed by atoms with E-state index < -0.39 is 17.4 Å². The van der Waals surface area contributed by atoms with Crippen molar-refractivity contribution in [3.8, 4) is 0 Å². The SMILES string of the molecule is NC(=O)c1ccc(CC2(C(=O)NCC3CCCCC3)CCN(C(=O)C(N)Cc3cccs3)CC2)cc1. The number of piperidine rings is 1. The Hall–Kier alpha value is -2.71. The Kier molecular flexibility index (Phi) is 8.80. The fraction of sp³-hybridized carbons (Fsp3) is 0.536. The zero-order valence-corrected chi connectivity index (χ0v) is 21.7. The Labute approximate surface area is 217 Å². The molecule has 1 atom stereocenters. The highest BCUT2D eigenvalue weighted by Gasteiger charge is 2.43. The molecule has 0 radical (unpaired) electrons. The summed E-state index contributed by atoms with van der Waals surface area (Å²) in [4.78, 5) is 41.1. The van der Waals surface area contributed by atoms with Crippen LogP contribution in [0.5, 0.6) is 0 Å².